The average molecular weight is 211 g/mol. The molecule has 2 rings (SSSR count). The van der Waals surface area contributed by atoms with E-state index in [1.807, 2.05) is 0 Å². The molecular formula is C10H13NO4. The Labute approximate surface area is 87.0 Å². The minimum atomic E-state index is -0.454. The first-order chi connectivity index (χ1) is 7.27. The van der Waals surface area contributed by atoms with Crippen molar-refractivity contribution in [2.45, 2.75) is 32.3 Å². The lowest BCUT2D eigenvalue weighted by Crippen LogP contribution is -2.09. The van der Waals surface area contributed by atoms with Gasteiger partial charge in [-0.15, -0.1) is 0 Å². The fraction of sp³-hybridized carbons (Fsp3) is 0.600. The van der Waals surface area contributed by atoms with Gasteiger partial charge in [-0.1, -0.05) is 5.16 Å². The first-order valence-electron chi connectivity index (χ1n) is 5.04. The Morgan fingerprint density at radius 2 is 2.40 bits per heavy atom. The van der Waals surface area contributed by atoms with Crippen LogP contribution < -0.4 is 0 Å². The molecule has 1 saturated carbocycles. The van der Waals surface area contributed by atoms with E-state index >= 15 is 0 Å². The predicted molar refractivity (Wildman–Crippen MR) is 50.4 cm³/mol. The van der Waals surface area contributed by atoms with Crippen molar-refractivity contribution in [2.24, 2.45) is 0 Å². The third kappa shape index (κ3) is 1.87. The minimum absolute atomic E-state index is 0.273. The zero-order chi connectivity index (χ0) is 10.8. The van der Waals surface area contributed by atoms with Gasteiger partial charge in [0.1, 0.15) is 11.3 Å². The fourth-order valence-electron chi connectivity index (χ4n) is 1.49. The number of rotatable bonds is 4. The number of aliphatic hydroxyl groups excluding tert-OH is 1. The van der Waals surface area contributed by atoms with E-state index in [0.29, 0.717) is 17.9 Å². The second-order valence-corrected chi connectivity index (χ2v) is 3.52. The lowest BCUT2D eigenvalue weighted by molar-refractivity contribution is 0.0520. The summed E-state index contributed by atoms with van der Waals surface area (Å²) in [6, 6.07) is 0. The van der Waals surface area contributed by atoms with E-state index < -0.39 is 5.97 Å². The van der Waals surface area contributed by atoms with Crippen LogP contribution in [0.25, 0.3) is 0 Å². The van der Waals surface area contributed by atoms with Gasteiger partial charge in [0.25, 0.3) is 0 Å². The number of carbonyl (C=O) groups is 1. The van der Waals surface area contributed by atoms with E-state index in [2.05, 4.69) is 5.16 Å². The minimum Gasteiger partial charge on any atom is -0.462 e. The quantitative estimate of drug-likeness (QED) is 0.758. The molecule has 15 heavy (non-hydrogen) atoms. The Bertz CT molecular complexity index is 367. The molecule has 5 heteroatoms. The van der Waals surface area contributed by atoms with E-state index in [0.717, 1.165) is 12.8 Å². The van der Waals surface area contributed by atoms with Gasteiger partial charge in [-0.2, -0.15) is 0 Å². The van der Waals surface area contributed by atoms with Crippen LogP contribution in [0.1, 0.15) is 47.5 Å². The molecule has 0 spiro atoms. The molecule has 1 aromatic heterocycles. The number of ether oxygens (including phenoxy) is 1. The van der Waals surface area contributed by atoms with Crippen molar-refractivity contribution in [3.8, 4) is 0 Å². The number of carbonyl (C=O) groups excluding carboxylic acids is 1. The predicted octanol–water partition coefficient (Wildman–Crippen LogP) is 1.22. The van der Waals surface area contributed by atoms with Crippen LogP contribution in [0.2, 0.25) is 0 Å². The summed E-state index contributed by atoms with van der Waals surface area (Å²) >= 11 is 0. The van der Waals surface area contributed by atoms with Gasteiger partial charge in [-0.3, -0.25) is 0 Å². The second kappa shape index (κ2) is 4.02. The molecule has 82 valence electrons. The van der Waals surface area contributed by atoms with Crippen LogP contribution in [0.5, 0.6) is 0 Å². The van der Waals surface area contributed by atoms with Gasteiger partial charge in [0.05, 0.1) is 13.2 Å². The Kier molecular flexibility index (Phi) is 2.73. The van der Waals surface area contributed by atoms with Crippen LogP contribution in [0, 0.1) is 0 Å². The fourth-order valence-corrected chi connectivity index (χ4v) is 1.49. The molecular weight excluding hydrogens is 198 g/mol. The highest BCUT2D eigenvalue weighted by atomic mass is 16.5. The third-order valence-electron chi connectivity index (χ3n) is 2.37. The number of hydrogen-bond acceptors (Lipinski definition) is 5. The molecule has 5 nitrogen and oxygen atoms in total. The summed E-state index contributed by atoms with van der Waals surface area (Å²) in [7, 11) is 0. The lowest BCUT2D eigenvalue weighted by Gasteiger charge is -2.01. The van der Waals surface area contributed by atoms with Gasteiger partial charge >= 0.3 is 5.97 Å². The van der Waals surface area contributed by atoms with Crippen LogP contribution in [0.4, 0.5) is 0 Å². The third-order valence-corrected chi connectivity index (χ3v) is 2.37. The molecule has 1 aliphatic carbocycles. The molecule has 1 aromatic rings. The summed E-state index contributed by atoms with van der Waals surface area (Å²) in [4.78, 5) is 11.6. The summed E-state index contributed by atoms with van der Waals surface area (Å²) in [5, 5.41) is 12.7. The maximum Gasteiger partial charge on any atom is 0.343 e. The molecule has 0 atom stereocenters. The highest BCUT2D eigenvalue weighted by Gasteiger charge is 2.35. The maximum atomic E-state index is 11.6. The summed E-state index contributed by atoms with van der Waals surface area (Å²) in [6.45, 7) is 1.74. The molecule has 0 unspecified atom stereocenters. The number of esters is 1. The topological polar surface area (TPSA) is 72.6 Å². The van der Waals surface area contributed by atoms with Crippen LogP contribution in [0.3, 0.4) is 0 Å². The Morgan fingerprint density at radius 3 is 2.93 bits per heavy atom. The van der Waals surface area contributed by atoms with Crippen molar-refractivity contribution in [1.29, 1.82) is 0 Å². The first kappa shape index (κ1) is 10.2. The molecule has 0 radical (unpaired) electrons. The SMILES string of the molecule is CCOC(=O)c1c(CO)noc1C1CC1. The van der Waals surface area contributed by atoms with Gasteiger partial charge in [0, 0.05) is 5.92 Å². The van der Waals surface area contributed by atoms with Crippen molar-refractivity contribution in [1.82, 2.24) is 5.16 Å². The highest BCUT2D eigenvalue weighted by Crippen LogP contribution is 2.42. The van der Waals surface area contributed by atoms with Crippen molar-refractivity contribution in [3.05, 3.63) is 17.0 Å². The molecule has 1 aliphatic rings. The van der Waals surface area contributed by atoms with Crippen molar-refractivity contribution in [3.63, 3.8) is 0 Å². The van der Waals surface area contributed by atoms with E-state index in [9.17, 15) is 4.79 Å². The highest BCUT2D eigenvalue weighted by molar-refractivity contribution is 5.92. The largest absolute Gasteiger partial charge is 0.462 e. The lowest BCUT2D eigenvalue weighted by atomic mass is 10.1. The molecule has 1 fully saturated rings. The molecule has 1 heterocycles. The van der Waals surface area contributed by atoms with Crippen LogP contribution in [-0.2, 0) is 11.3 Å². The summed E-state index contributed by atoms with van der Waals surface area (Å²) in [5.41, 5.74) is 0.595. The van der Waals surface area contributed by atoms with E-state index in [-0.39, 0.29) is 18.2 Å². The van der Waals surface area contributed by atoms with Gasteiger partial charge in [-0.05, 0) is 19.8 Å². The zero-order valence-electron chi connectivity index (χ0n) is 8.52. The van der Waals surface area contributed by atoms with Gasteiger partial charge in [0.2, 0.25) is 0 Å². The van der Waals surface area contributed by atoms with Gasteiger partial charge < -0.3 is 14.4 Å². The molecule has 0 bridgehead atoms. The molecule has 0 aliphatic heterocycles. The average Bonchev–Trinajstić information content (AvgIpc) is 2.98. The molecule has 0 aromatic carbocycles. The van der Waals surface area contributed by atoms with E-state index in [4.69, 9.17) is 14.4 Å². The molecule has 0 amide bonds. The van der Waals surface area contributed by atoms with Crippen molar-refractivity contribution in [2.75, 3.05) is 6.61 Å². The Balaban J connectivity index is 2.31. The van der Waals surface area contributed by atoms with Crippen LogP contribution >= 0.6 is 0 Å². The number of aromatic nitrogens is 1. The normalized spacial score (nSPS) is 15.3. The molecule has 0 saturated heterocycles. The zero-order valence-corrected chi connectivity index (χ0v) is 8.52. The van der Waals surface area contributed by atoms with Gasteiger partial charge in [-0.25, -0.2) is 4.79 Å². The van der Waals surface area contributed by atoms with Crippen LogP contribution in [0.15, 0.2) is 4.52 Å². The monoisotopic (exact) mass is 211 g/mol. The van der Waals surface area contributed by atoms with Crippen LogP contribution in [-0.4, -0.2) is 22.8 Å². The Morgan fingerprint density at radius 1 is 1.67 bits per heavy atom. The van der Waals surface area contributed by atoms with Crippen molar-refractivity contribution >= 4 is 5.97 Å². The van der Waals surface area contributed by atoms with Crippen molar-refractivity contribution < 1.29 is 19.2 Å². The molecule has 1 N–H and O–H groups in total. The summed E-state index contributed by atoms with van der Waals surface area (Å²) < 4.78 is 9.96. The summed E-state index contributed by atoms with van der Waals surface area (Å²) in [6.07, 6.45) is 2.01. The number of hydrogen-bond donors (Lipinski definition) is 1. The van der Waals surface area contributed by atoms with E-state index in [1.54, 1.807) is 6.92 Å². The Hall–Kier alpha value is -1.36. The first-order valence-corrected chi connectivity index (χ1v) is 5.04. The standard InChI is InChI=1S/C10H13NO4/c1-2-14-10(13)8-7(5-12)11-15-9(8)6-3-4-6/h6,12H,2-5H2,1H3. The van der Waals surface area contributed by atoms with Gasteiger partial charge in [0.15, 0.2) is 5.76 Å². The second-order valence-electron chi connectivity index (χ2n) is 3.52. The summed E-state index contributed by atoms with van der Waals surface area (Å²) in [5.74, 6) is 0.388. The maximum absolute atomic E-state index is 11.6. The van der Waals surface area contributed by atoms with E-state index in [1.165, 1.54) is 0 Å². The number of aliphatic hydroxyl groups is 1. The smallest absolute Gasteiger partial charge is 0.343 e. The number of nitrogens with zero attached hydrogens (tertiary/aromatic N) is 1.